The van der Waals surface area contributed by atoms with Crippen LogP contribution in [0, 0.1) is 5.82 Å². The van der Waals surface area contributed by atoms with Crippen LogP contribution in [0.15, 0.2) is 18.5 Å². The molecule has 0 unspecified atom stereocenters. The van der Waals surface area contributed by atoms with Gasteiger partial charge >= 0.3 is 0 Å². The van der Waals surface area contributed by atoms with Crippen molar-refractivity contribution in [1.29, 1.82) is 0 Å². The molecule has 0 aliphatic heterocycles. The maximum atomic E-state index is 13.1. The topological polar surface area (TPSA) is 87.1 Å². The molecule has 8 nitrogen and oxygen atoms in total. The highest BCUT2D eigenvalue weighted by Crippen LogP contribution is 2.10. The molecule has 0 aromatic carbocycles. The number of anilines is 2. The first-order valence-corrected chi connectivity index (χ1v) is 6.85. The van der Waals surface area contributed by atoms with Crippen LogP contribution in [0.2, 0.25) is 0 Å². The Kier molecular flexibility index (Phi) is 4.99. The molecule has 2 heterocycles. The number of pyridine rings is 1. The van der Waals surface area contributed by atoms with Gasteiger partial charge in [-0.3, -0.25) is 9.78 Å². The first-order chi connectivity index (χ1) is 10.9. The predicted octanol–water partition coefficient (Wildman–Crippen LogP) is 0.468. The van der Waals surface area contributed by atoms with E-state index < -0.39 is 11.7 Å². The normalized spacial score (nSPS) is 10.3. The van der Waals surface area contributed by atoms with E-state index in [2.05, 4.69) is 25.3 Å². The molecule has 0 radical (unpaired) electrons. The zero-order chi connectivity index (χ0) is 17.0. The second-order valence-electron chi connectivity index (χ2n) is 5.22. The molecule has 0 bridgehead atoms. The average Bonchev–Trinajstić information content (AvgIpc) is 2.52. The molecule has 9 heteroatoms. The number of carbonyl (C=O) groups is 1. The maximum absolute atomic E-state index is 13.1. The summed E-state index contributed by atoms with van der Waals surface area (Å²) < 4.78 is 13.1. The smallest absolute Gasteiger partial charge is 0.253 e. The van der Waals surface area contributed by atoms with Crippen LogP contribution >= 0.6 is 0 Å². The van der Waals surface area contributed by atoms with E-state index in [-0.39, 0.29) is 12.1 Å². The van der Waals surface area contributed by atoms with Gasteiger partial charge in [0.05, 0.1) is 18.3 Å². The molecule has 0 aliphatic rings. The largest absolute Gasteiger partial charge is 0.347 e. The molecule has 2 rings (SSSR count). The molecule has 1 N–H and O–H groups in total. The van der Waals surface area contributed by atoms with E-state index in [9.17, 15) is 9.18 Å². The number of aromatic nitrogens is 4. The van der Waals surface area contributed by atoms with Crippen molar-refractivity contribution in [3.05, 3.63) is 35.7 Å². The molecular formula is C14H18FN7O. The van der Waals surface area contributed by atoms with Crippen LogP contribution in [0.4, 0.5) is 16.3 Å². The second kappa shape index (κ2) is 6.95. The van der Waals surface area contributed by atoms with E-state index in [1.54, 1.807) is 9.80 Å². The highest BCUT2D eigenvalue weighted by Gasteiger charge is 2.12. The van der Waals surface area contributed by atoms with Gasteiger partial charge in [0, 0.05) is 34.4 Å². The molecule has 122 valence electrons. The number of nitrogens with zero attached hydrogens (tertiary/aromatic N) is 6. The number of hydrogen-bond acceptors (Lipinski definition) is 7. The number of hydrogen-bond donors (Lipinski definition) is 1. The molecule has 1 amide bonds. The summed E-state index contributed by atoms with van der Waals surface area (Å²) in [4.78, 5) is 32.0. The van der Waals surface area contributed by atoms with Gasteiger partial charge in [0.1, 0.15) is 5.82 Å². The van der Waals surface area contributed by atoms with Gasteiger partial charge in [0.15, 0.2) is 5.82 Å². The Balaban J connectivity index is 2.15. The third-order valence-electron chi connectivity index (χ3n) is 2.83. The summed E-state index contributed by atoms with van der Waals surface area (Å²) >= 11 is 0. The van der Waals surface area contributed by atoms with Gasteiger partial charge < -0.3 is 15.1 Å². The van der Waals surface area contributed by atoms with Crippen LogP contribution in [0.1, 0.15) is 16.2 Å². The SMILES string of the molecule is CN(C)c1nc(CNC(=O)c2cncc(F)c2)nc(N(C)C)n1. The van der Waals surface area contributed by atoms with Crippen molar-refractivity contribution in [3.63, 3.8) is 0 Å². The molecule has 0 spiro atoms. The van der Waals surface area contributed by atoms with E-state index in [1.165, 1.54) is 6.20 Å². The van der Waals surface area contributed by atoms with E-state index in [1.807, 2.05) is 28.2 Å². The minimum absolute atomic E-state index is 0.0968. The summed E-state index contributed by atoms with van der Waals surface area (Å²) in [5.41, 5.74) is 0.139. The Morgan fingerprint density at radius 1 is 1.09 bits per heavy atom. The standard InChI is InChI=1S/C14H18FN7O/c1-21(2)13-18-11(19-14(20-13)22(3)4)8-17-12(23)9-5-10(15)7-16-6-9/h5-7H,8H2,1-4H3,(H,17,23). The van der Waals surface area contributed by atoms with Crippen LogP contribution in [-0.4, -0.2) is 54.0 Å². The van der Waals surface area contributed by atoms with Crippen molar-refractivity contribution < 1.29 is 9.18 Å². The third kappa shape index (κ3) is 4.31. The minimum atomic E-state index is -0.567. The lowest BCUT2D eigenvalue weighted by Crippen LogP contribution is -2.26. The summed E-state index contributed by atoms with van der Waals surface area (Å²) in [7, 11) is 7.26. The van der Waals surface area contributed by atoms with Crippen molar-refractivity contribution in [2.45, 2.75) is 6.54 Å². The molecule has 23 heavy (non-hydrogen) atoms. The molecule has 0 saturated carbocycles. The van der Waals surface area contributed by atoms with Crippen molar-refractivity contribution >= 4 is 17.8 Å². The number of rotatable bonds is 5. The van der Waals surface area contributed by atoms with E-state index in [0.29, 0.717) is 17.7 Å². The number of nitrogens with one attached hydrogen (secondary N) is 1. The number of carbonyl (C=O) groups excluding carboxylic acids is 1. The van der Waals surface area contributed by atoms with Gasteiger partial charge in [-0.25, -0.2) is 4.39 Å². The number of amides is 1. The first kappa shape index (κ1) is 16.5. The van der Waals surface area contributed by atoms with E-state index in [0.717, 1.165) is 12.3 Å². The van der Waals surface area contributed by atoms with Gasteiger partial charge in [-0.2, -0.15) is 15.0 Å². The summed E-state index contributed by atoms with van der Waals surface area (Å²) in [6.45, 7) is 0.0968. The van der Waals surface area contributed by atoms with Gasteiger partial charge in [-0.15, -0.1) is 0 Å². The molecule has 0 saturated heterocycles. The van der Waals surface area contributed by atoms with E-state index in [4.69, 9.17) is 0 Å². The molecular weight excluding hydrogens is 301 g/mol. The fraction of sp³-hybridized carbons (Fsp3) is 0.357. The Labute approximate surface area is 133 Å². The second-order valence-corrected chi connectivity index (χ2v) is 5.22. The first-order valence-electron chi connectivity index (χ1n) is 6.85. The number of halogens is 1. The summed E-state index contributed by atoms with van der Waals surface area (Å²) in [6, 6.07) is 1.12. The minimum Gasteiger partial charge on any atom is -0.347 e. The lowest BCUT2D eigenvalue weighted by Gasteiger charge is -2.16. The fourth-order valence-corrected chi connectivity index (χ4v) is 1.67. The van der Waals surface area contributed by atoms with Crippen molar-refractivity contribution in [3.8, 4) is 0 Å². The van der Waals surface area contributed by atoms with Crippen LogP contribution < -0.4 is 15.1 Å². The summed E-state index contributed by atoms with van der Waals surface area (Å²) in [6.07, 6.45) is 2.33. The van der Waals surface area contributed by atoms with Crippen LogP contribution in [0.3, 0.4) is 0 Å². The van der Waals surface area contributed by atoms with Gasteiger partial charge in [0.25, 0.3) is 5.91 Å². The lowest BCUT2D eigenvalue weighted by atomic mass is 10.2. The predicted molar refractivity (Wildman–Crippen MR) is 83.8 cm³/mol. The lowest BCUT2D eigenvalue weighted by molar-refractivity contribution is 0.0949. The Morgan fingerprint density at radius 2 is 1.70 bits per heavy atom. The zero-order valence-electron chi connectivity index (χ0n) is 13.4. The molecule has 2 aromatic rings. The van der Waals surface area contributed by atoms with Crippen LogP contribution in [-0.2, 0) is 6.54 Å². The highest BCUT2D eigenvalue weighted by molar-refractivity contribution is 5.93. The Bertz CT molecular complexity index is 679. The molecule has 0 atom stereocenters. The Morgan fingerprint density at radius 3 is 2.22 bits per heavy atom. The Hall–Kier alpha value is -2.84. The highest BCUT2D eigenvalue weighted by atomic mass is 19.1. The molecule has 2 aromatic heterocycles. The van der Waals surface area contributed by atoms with Crippen molar-refractivity contribution in [1.82, 2.24) is 25.3 Å². The monoisotopic (exact) mass is 319 g/mol. The quantitative estimate of drug-likeness (QED) is 0.857. The van der Waals surface area contributed by atoms with Crippen LogP contribution in [0.5, 0.6) is 0 Å². The zero-order valence-corrected chi connectivity index (χ0v) is 13.4. The van der Waals surface area contributed by atoms with Crippen molar-refractivity contribution in [2.24, 2.45) is 0 Å². The van der Waals surface area contributed by atoms with Crippen LogP contribution in [0.25, 0.3) is 0 Å². The van der Waals surface area contributed by atoms with Crippen molar-refractivity contribution in [2.75, 3.05) is 38.0 Å². The van der Waals surface area contributed by atoms with E-state index >= 15 is 0 Å². The van der Waals surface area contributed by atoms with Gasteiger partial charge in [-0.05, 0) is 6.07 Å². The molecule has 0 aliphatic carbocycles. The summed E-state index contributed by atoms with van der Waals surface area (Å²) in [5.74, 6) is 0.365. The van der Waals surface area contributed by atoms with Gasteiger partial charge in [-0.1, -0.05) is 0 Å². The third-order valence-corrected chi connectivity index (χ3v) is 2.83. The fourth-order valence-electron chi connectivity index (χ4n) is 1.67. The van der Waals surface area contributed by atoms with Gasteiger partial charge in [0.2, 0.25) is 11.9 Å². The average molecular weight is 319 g/mol. The maximum Gasteiger partial charge on any atom is 0.253 e. The molecule has 0 fully saturated rings. The summed E-state index contributed by atoms with van der Waals surface area (Å²) in [5, 5.41) is 2.64.